The minimum Gasteiger partial charge on any atom is -0.310 e. The fourth-order valence-electron chi connectivity index (χ4n) is 4.17. The number of primary sulfonamides is 1. The van der Waals surface area contributed by atoms with Crippen molar-refractivity contribution in [3.63, 3.8) is 0 Å². The summed E-state index contributed by atoms with van der Waals surface area (Å²) in [6.07, 6.45) is 6.74. The number of nitrogens with two attached hydrogens (primary N) is 1. The molecule has 176 valence electrons. The number of sulfonamides is 1. The van der Waals surface area contributed by atoms with Crippen LogP contribution in [0.5, 0.6) is 0 Å². The highest BCUT2D eigenvalue weighted by Crippen LogP contribution is 2.23. The zero-order valence-electron chi connectivity index (χ0n) is 18.2. The molecule has 1 saturated carbocycles. The normalized spacial score (nSPS) is 15.1. The van der Waals surface area contributed by atoms with Gasteiger partial charge in [-0.05, 0) is 61.2 Å². The quantitative estimate of drug-likeness (QED) is 0.496. The highest BCUT2D eigenvalue weighted by Gasteiger charge is 2.19. The van der Waals surface area contributed by atoms with Crippen molar-refractivity contribution in [2.75, 3.05) is 6.54 Å². The first kappa shape index (κ1) is 23.8. The summed E-state index contributed by atoms with van der Waals surface area (Å²) in [5.41, 5.74) is 1.05. The van der Waals surface area contributed by atoms with Gasteiger partial charge >= 0.3 is 0 Å². The van der Waals surface area contributed by atoms with Crippen LogP contribution in [0.3, 0.4) is 0 Å². The molecule has 0 aliphatic heterocycles. The molecule has 33 heavy (non-hydrogen) atoms. The molecule has 0 saturated heterocycles. The molecule has 3 N–H and O–H groups in total. The summed E-state index contributed by atoms with van der Waals surface area (Å²) >= 11 is 5.99. The molecule has 0 spiro atoms. The van der Waals surface area contributed by atoms with Crippen LogP contribution in [0, 0.1) is 11.7 Å². The Bertz CT molecular complexity index is 1210. The van der Waals surface area contributed by atoms with Gasteiger partial charge in [0, 0.05) is 11.4 Å². The van der Waals surface area contributed by atoms with E-state index >= 15 is 0 Å². The summed E-state index contributed by atoms with van der Waals surface area (Å²) in [5.74, 6) is 1.00. The molecule has 10 heteroatoms. The summed E-state index contributed by atoms with van der Waals surface area (Å²) < 4.78 is 39.5. The third kappa shape index (κ3) is 6.17. The van der Waals surface area contributed by atoms with Gasteiger partial charge in [0.2, 0.25) is 10.0 Å². The van der Waals surface area contributed by atoms with Crippen molar-refractivity contribution in [2.24, 2.45) is 11.1 Å². The average Bonchev–Trinajstić information content (AvgIpc) is 3.17. The molecule has 3 aromatic rings. The van der Waals surface area contributed by atoms with Crippen molar-refractivity contribution < 1.29 is 12.8 Å². The monoisotopic (exact) mass is 491 g/mol. The van der Waals surface area contributed by atoms with Crippen LogP contribution in [0.1, 0.15) is 49.3 Å². The molecule has 1 fully saturated rings. The Kier molecular flexibility index (Phi) is 7.43. The van der Waals surface area contributed by atoms with E-state index in [4.69, 9.17) is 16.7 Å². The van der Waals surface area contributed by atoms with Crippen LogP contribution in [-0.2, 0) is 23.0 Å². The number of hydrogen-bond donors (Lipinski definition) is 2. The topological polar surface area (TPSA) is 103 Å². The third-order valence-corrected chi connectivity index (χ3v) is 7.07. The van der Waals surface area contributed by atoms with Gasteiger partial charge in [-0.3, -0.25) is 0 Å². The van der Waals surface area contributed by atoms with E-state index in [0.717, 1.165) is 18.2 Å². The van der Waals surface area contributed by atoms with Gasteiger partial charge in [0.1, 0.15) is 17.3 Å². The second kappa shape index (κ2) is 10.3. The van der Waals surface area contributed by atoms with Crippen LogP contribution in [-0.4, -0.2) is 29.7 Å². The van der Waals surface area contributed by atoms with Crippen molar-refractivity contribution in [3.8, 4) is 5.69 Å². The maximum atomic E-state index is 14.9. The molecule has 0 atom stereocenters. The molecule has 1 aliphatic carbocycles. The number of hydrogen-bond acceptors (Lipinski definition) is 5. The predicted octanol–water partition coefficient (Wildman–Crippen LogP) is 3.97. The second-order valence-corrected chi connectivity index (χ2v) is 10.5. The third-order valence-electron chi connectivity index (χ3n) is 5.91. The Morgan fingerprint density at radius 1 is 1.12 bits per heavy atom. The van der Waals surface area contributed by atoms with E-state index in [1.54, 1.807) is 12.1 Å². The summed E-state index contributed by atoms with van der Waals surface area (Å²) in [7, 11) is -4.01. The Balaban J connectivity index is 1.60. The molecule has 1 aromatic heterocycles. The van der Waals surface area contributed by atoms with E-state index in [9.17, 15) is 12.8 Å². The van der Waals surface area contributed by atoms with E-state index in [2.05, 4.69) is 15.4 Å². The first-order chi connectivity index (χ1) is 15.8. The summed E-state index contributed by atoms with van der Waals surface area (Å²) in [5, 5.41) is 13.7. The maximum absolute atomic E-state index is 14.9. The number of nitrogens with one attached hydrogen (secondary N) is 1. The van der Waals surface area contributed by atoms with Gasteiger partial charge in [-0.15, -0.1) is 5.10 Å². The standard InChI is InChI=1S/C23H27ClFN5O2S/c24-18-8-6-16(7-9-18)12-23-28-22(15-27-14-17-4-2-1-3-5-17)29-30(23)21-11-10-19(13-20(21)25)33(26,31)32/h6-11,13,17,27H,1-5,12,14-15H2,(H2,26,31,32). The molecule has 1 heterocycles. The lowest BCUT2D eigenvalue weighted by molar-refractivity contribution is 0.341. The Morgan fingerprint density at radius 2 is 1.85 bits per heavy atom. The number of nitrogens with zero attached hydrogens (tertiary/aromatic N) is 3. The zero-order chi connectivity index (χ0) is 23.4. The molecule has 4 rings (SSSR count). The highest BCUT2D eigenvalue weighted by molar-refractivity contribution is 7.89. The molecule has 0 radical (unpaired) electrons. The number of aromatic nitrogens is 3. The lowest BCUT2D eigenvalue weighted by Gasteiger charge is -2.21. The van der Waals surface area contributed by atoms with Crippen molar-refractivity contribution in [1.82, 2.24) is 20.1 Å². The van der Waals surface area contributed by atoms with E-state index in [0.29, 0.717) is 35.6 Å². The van der Waals surface area contributed by atoms with Gasteiger partial charge in [-0.25, -0.2) is 27.6 Å². The van der Waals surface area contributed by atoms with Gasteiger partial charge < -0.3 is 5.32 Å². The van der Waals surface area contributed by atoms with Gasteiger partial charge in [-0.1, -0.05) is 43.0 Å². The first-order valence-electron chi connectivity index (χ1n) is 11.0. The lowest BCUT2D eigenvalue weighted by atomic mass is 9.89. The predicted molar refractivity (Wildman–Crippen MR) is 125 cm³/mol. The SMILES string of the molecule is NS(=O)(=O)c1ccc(-n2nc(CNCC3CCCCC3)nc2Cc2ccc(Cl)cc2)c(F)c1. The van der Waals surface area contributed by atoms with Crippen molar-refractivity contribution in [1.29, 1.82) is 0 Å². The molecule has 0 unspecified atom stereocenters. The van der Waals surface area contributed by atoms with Crippen molar-refractivity contribution in [3.05, 3.63) is 70.5 Å². The van der Waals surface area contributed by atoms with E-state index in [-0.39, 0.29) is 10.6 Å². The first-order valence-corrected chi connectivity index (χ1v) is 12.9. The zero-order valence-corrected chi connectivity index (χ0v) is 19.7. The molecular weight excluding hydrogens is 465 g/mol. The molecule has 2 aromatic carbocycles. The van der Waals surface area contributed by atoms with Crippen LogP contribution >= 0.6 is 11.6 Å². The van der Waals surface area contributed by atoms with Crippen molar-refractivity contribution >= 4 is 21.6 Å². The van der Waals surface area contributed by atoms with Gasteiger partial charge in [-0.2, -0.15) is 0 Å². The molecule has 0 amide bonds. The fourth-order valence-corrected chi connectivity index (χ4v) is 4.83. The van der Waals surface area contributed by atoms with E-state index in [1.165, 1.54) is 48.9 Å². The Labute approximate surface area is 198 Å². The van der Waals surface area contributed by atoms with Crippen molar-refractivity contribution in [2.45, 2.75) is 50.0 Å². The number of halogens is 2. The molecular formula is C23H27ClFN5O2S. The van der Waals surface area contributed by atoms with Gasteiger partial charge in [0.05, 0.1) is 11.4 Å². The Morgan fingerprint density at radius 3 is 2.52 bits per heavy atom. The second-order valence-electron chi connectivity index (χ2n) is 8.45. The summed E-state index contributed by atoms with van der Waals surface area (Å²) in [6.45, 7) is 1.37. The van der Waals surface area contributed by atoms with Gasteiger partial charge in [0.25, 0.3) is 0 Å². The van der Waals surface area contributed by atoms with E-state index in [1.807, 2.05) is 12.1 Å². The molecule has 0 bridgehead atoms. The molecule has 1 aliphatic rings. The largest absolute Gasteiger partial charge is 0.310 e. The smallest absolute Gasteiger partial charge is 0.238 e. The van der Waals surface area contributed by atoms with Crippen LogP contribution in [0.15, 0.2) is 47.4 Å². The van der Waals surface area contributed by atoms with Crippen LogP contribution in [0.4, 0.5) is 4.39 Å². The summed E-state index contributed by atoms with van der Waals surface area (Å²) in [4.78, 5) is 4.35. The lowest BCUT2D eigenvalue weighted by Crippen LogP contribution is -2.24. The van der Waals surface area contributed by atoms with Crippen LogP contribution in [0.2, 0.25) is 5.02 Å². The van der Waals surface area contributed by atoms with Crippen LogP contribution < -0.4 is 10.5 Å². The minimum atomic E-state index is -4.01. The Hall–Kier alpha value is -2.33. The molecule has 7 nitrogen and oxygen atoms in total. The minimum absolute atomic E-state index is 0.109. The maximum Gasteiger partial charge on any atom is 0.238 e. The number of benzene rings is 2. The highest BCUT2D eigenvalue weighted by atomic mass is 35.5. The fraction of sp³-hybridized carbons (Fsp3) is 0.391. The summed E-state index contributed by atoms with van der Waals surface area (Å²) in [6, 6.07) is 10.8. The van der Waals surface area contributed by atoms with E-state index < -0.39 is 15.8 Å². The van der Waals surface area contributed by atoms with Gasteiger partial charge in [0.15, 0.2) is 5.82 Å². The number of rotatable bonds is 8. The average molecular weight is 492 g/mol. The van der Waals surface area contributed by atoms with Crippen LogP contribution in [0.25, 0.3) is 5.69 Å².